The molecule has 1 aliphatic heterocycles. The van der Waals surface area contributed by atoms with Crippen LogP contribution in [-0.4, -0.2) is 39.5 Å². The van der Waals surface area contributed by atoms with Crippen LogP contribution in [0.3, 0.4) is 0 Å². The Hall–Kier alpha value is 0.340. The van der Waals surface area contributed by atoms with Gasteiger partial charge in [0.15, 0.2) is 0 Å². The van der Waals surface area contributed by atoms with Gasteiger partial charge in [-0.2, -0.15) is 0 Å². The molecule has 1 saturated heterocycles. The normalized spacial score (nSPS) is 18.6. The van der Waals surface area contributed by atoms with Crippen molar-refractivity contribution >= 4 is 48.9 Å². The molecule has 1 fully saturated rings. The fraction of sp³-hybridized carbons (Fsp3) is 0.667. The van der Waals surface area contributed by atoms with E-state index in [0.717, 1.165) is 31.0 Å². The highest BCUT2D eigenvalue weighted by molar-refractivity contribution is 9.11. The van der Waals surface area contributed by atoms with Crippen LogP contribution in [0.1, 0.15) is 19.8 Å². The van der Waals surface area contributed by atoms with Crippen LogP contribution >= 0.6 is 38.9 Å². The maximum atomic E-state index is 12.1. The average molecular weight is 402 g/mol. The Bertz CT molecular complexity index is 536. The summed E-state index contributed by atoms with van der Waals surface area (Å²) in [6.45, 7) is 5.72. The van der Waals surface area contributed by atoms with Gasteiger partial charge in [0.25, 0.3) is 0 Å². The lowest BCUT2D eigenvalue weighted by atomic mass is 10.2. The van der Waals surface area contributed by atoms with E-state index in [0.29, 0.717) is 21.3 Å². The number of likely N-dealkylation sites (tertiary alicyclic amines) is 1. The number of thiophene rings is 1. The van der Waals surface area contributed by atoms with E-state index >= 15 is 0 Å². The van der Waals surface area contributed by atoms with E-state index in [-0.39, 0.29) is 4.21 Å². The maximum absolute atomic E-state index is 12.1. The quantitative estimate of drug-likeness (QED) is 0.796. The third-order valence-electron chi connectivity index (χ3n) is 3.28. The van der Waals surface area contributed by atoms with Crippen LogP contribution in [0.2, 0.25) is 5.02 Å². The summed E-state index contributed by atoms with van der Waals surface area (Å²) in [5.74, 6) is 0.293. The lowest BCUT2D eigenvalue weighted by Crippen LogP contribution is -2.34. The maximum Gasteiger partial charge on any atom is 0.250 e. The molecule has 0 saturated carbocycles. The van der Waals surface area contributed by atoms with Gasteiger partial charge < -0.3 is 4.90 Å². The predicted octanol–water partition coefficient (Wildman–Crippen LogP) is 3.17. The summed E-state index contributed by atoms with van der Waals surface area (Å²) >= 11 is 10.2. The molecule has 0 amide bonds. The van der Waals surface area contributed by atoms with Crippen molar-refractivity contribution in [1.82, 2.24) is 9.62 Å². The first-order valence-electron chi connectivity index (χ1n) is 6.55. The van der Waals surface area contributed by atoms with Crippen LogP contribution in [0.15, 0.2) is 14.1 Å². The molecule has 20 heavy (non-hydrogen) atoms. The molecule has 2 heterocycles. The molecular weight excluding hydrogens is 384 g/mol. The molecule has 0 aromatic carbocycles. The largest absolute Gasteiger partial charge is 0.303 e. The Labute approximate surface area is 137 Å². The van der Waals surface area contributed by atoms with Crippen LogP contribution in [0.4, 0.5) is 0 Å². The van der Waals surface area contributed by atoms with Crippen molar-refractivity contribution < 1.29 is 8.42 Å². The molecular formula is C12H18BrClN2O2S2. The molecule has 0 bridgehead atoms. The van der Waals surface area contributed by atoms with Crippen molar-refractivity contribution in [3.05, 3.63) is 14.9 Å². The first-order valence-corrected chi connectivity index (χ1v) is 10.0. The van der Waals surface area contributed by atoms with E-state index in [2.05, 4.69) is 32.5 Å². The van der Waals surface area contributed by atoms with E-state index in [1.54, 1.807) is 0 Å². The molecule has 1 aliphatic rings. The average Bonchev–Trinajstić information content (AvgIpc) is 2.99. The van der Waals surface area contributed by atoms with Gasteiger partial charge in [0.1, 0.15) is 4.21 Å². The van der Waals surface area contributed by atoms with Gasteiger partial charge in [-0.15, -0.1) is 11.3 Å². The van der Waals surface area contributed by atoms with E-state index in [4.69, 9.17) is 11.6 Å². The number of hydrogen-bond acceptors (Lipinski definition) is 4. The highest BCUT2D eigenvalue weighted by Gasteiger charge is 2.21. The Morgan fingerprint density at radius 1 is 1.50 bits per heavy atom. The third-order valence-corrected chi connectivity index (χ3v) is 7.65. The number of nitrogens with one attached hydrogen (secondary N) is 1. The number of nitrogens with zero attached hydrogens (tertiary/aromatic N) is 1. The van der Waals surface area contributed by atoms with Crippen molar-refractivity contribution in [2.24, 2.45) is 5.92 Å². The first-order chi connectivity index (χ1) is 9.38. The van der Waals surface area contributed by atoms with Crippen molar-refractivity contribution in [1.29, 1.82) is 0 Å². The molecule has 114 valence electrons. The SMILES string of the molecule is CC(CNS(=O)(=O)c1cc(Cl)c(Br)s1)CN1CCCC1. The number of sulfonamides is 1. The Balaban J connectivity index is 1.88. The zero-order valence-corrected chi connectivity index (χ0v) is 15.2. The van der Waals surface area contributed by atoms with Crippen LogP contribution in [-0.2, 0) is 10.0 Å². The fourth-order valence-corrected chi connectivity index (χ4v) is 5.86. The van der Waals surface area contributed by atoms with E-state index in [1.807, 2.05) is 0 Å². The van der Waals surface area contributed by atoms with Gasteiger partial charge in [0.2, 0.25) is 10.0 Å². The second kappa shape index (κ2) is 7.07. The molecule has 2 rings (SSSR count). The fourth-order valence-electron chi connectivity index (χ4n) is 2.25. The van der Waals surface area contributed by atoms with Gasteiger partial charge in [0.05, 0.1) is 8.81 Å². The van der Waals surface area contributed by atoms with Gasteiger partial charge in [-0.25, -0.2) is 13.1 Å². The summed E-state index contributed by atoms with van der Waals surface area (Å²) in [6, 6.07) is 1.48. The minimum atomic E-state index is -3.46. The molecule has 1 unspecified atom stereocenters. The van der Waals surface area contributed by atoms with Gasteiger partial charge in [-0.3, -0.25) is 0 Å². The van der Waals surface area contributed by atoms with Gasteiger partial charge in [-0.1, -0.05) is 18.5 Å². The minimum absolute atomic E-state index is 0.253. The lowest BCUT2D eigenvalue weighted by molar-refractivity contribution is 0.288. The van der Waals surface area contributed by atoms with E-state index in [9.17, 15) is 8.42 Å². The number of rotatable bonds is 6. The van der Waals surface area contributed by atoms with Gasteiger partial charge in [0, 0.05) is 13.1 Å². The first kappa shape index (κ1) is 16.7. The van der Waals surface area contributed by atoms with Crippen molar-refractivity contribution in [2.75, 3.05) is 26.2 Å². The molecule has 4 nitrogen and oxygen atoms in total. The highest BCUT2D eigenvalue weighted by atomic mass is 79.9. The molecule has 1 aromatic heterocycles. The monoisotopic (exact) mass is 400 g/mol. The van der Waals surface area contributed by atoms with Crippen molar-refractivity contribution in [2.45, 2.75) is 24.0 Å². The van der Waals surface area contributed by atoms with E-state index in [1.165, 1.54) is 18.9 Å². The lowest BCUT2D eigenvalue weighted by Gasteiger charge is -2.20. The summed E-state index contributed by atoms with van der Waals surface area (Å²) in [6.07, 6.45) is 2.50. The van der Waals surface area contributed by atoms with Gasteiger partial charge in [-0.05, 0) is 53.8 Å². The molecule has 0 aliphatic carbocycles. The zero-order chi connectivity index (χ0) is 14.8. The zero-order valence-electron chi connectivity index (χ0n) is 11.2. The van der Waals surface area contributed by atoms with E-state index < -0.39 is 10.0 Å². The molecule has 8 heteroatoms. The summed E-state index contributed by atoms with van der Waals surface area (Å²) in [7, 11) is -3.46. The van der Waals surface area contributed by atoms with Crippen LogP contribution < -0.4 is 4.72 Å². The topological polar surface area (TPSA) is 49.4 Å². The second-order valence-electron chi connectivity index (χ2n) is 5.15. The van der Waals surface area contributed by atoms with Crippen LogP contribution in [0.25, 0.3) is 0 Å². The second-order valence-corrected chi connectivity index (χ2v) is 9.92. The Morgan fingerprint density at radius 3 is 2.70 bits per heavy atom. The Morgan fingerprint density at radius 2 is 2.15 bits per heavy atom. The summed E-state index contributed by atoms with van der Waals surface area (Å²) in [4.78, 5) is 2.39. The minimum Gasteiger partial charge on any atom is -0.303 e. The molecule has 1 N–H and O–H groups in total. The third kappa shape index (κ3) is 4.42. The molecule has 1 atom stereocenters. The predicted molar refractivity (Wildman–Crippen MR) is 87.1 cm³/mol. The number of halogens is 2. The summed E-state index contributed by atoms with van der Waals surface area (Å²) < 4.78 is 27.9. The standard InChI is InChI=1S/C12H18BrClN2O2S2/c1-9(8-16-4-2-3-5-16)7-15-20(17,18)11-6-10(14)12(13)19-11/h6,9,15H,2-5,7-8H2,1H3. The Kier molecular flexibility index (Phi) is 5.90. The molecule has 0 radical (unpaired) electrons. The molecule has 1 aromatic rings. The van der Waals surface area contributed by atoms with Crippen molar-refractivity contribution in [3.63, 3.8) is 0 Å². The smallest absolute Gasteiger partial charge is 0.250 e. The van der Waals surface area contributed by atoms with Crippen molar-refractivity contribution in [3.8, 4) is 0 Å². The number of hydrogen-bond donors (Lipinski definition) is 1. The summed E-state index contributed by atoms with van der Waals surface area (Å²) in [5.41, 5.74) is 0. The van der Waals surface area contributed by atoms with Gasteiger partial charge >= 0.3 is 0 Å². The molecule has 0 spiro atoms. The van der Waals surface area contributed by atoms with Crippen LogP contribution in [0, 0.1) is 5.92 Å². The highest BCUT2D eigenvalue weighted by Crippen LogP contribution is 2.34. The van der Waals surface area contributed by atoms with Crippen LogP contribution in [0.5, 0.6) is 0 Å². The summed E-state index contributed by atoms with van der Waals surface area (Å²) in [5, 5.41) is 0.431.